The summed E-state index contributed by atoms with van der Waals surface area (Å²) in [7, 11) is 4.88. The van der Waals surface area contributed by atoms with Crippen LogP contribution in [0.1, 0.15) is 33.8 Å². The lowest BCUT2D eigenvalue weighted by atomic mass is 9.90. The van der Waals surface area contributed by atoms with Gasteiger partial charge in [0.15, 0.2) is 5.78 Å². The lowest BCUT2D eigenvalue weighted by Crippen LogP contribution is -2.00. The van der Waals surface area contributed by atoms with E-state index in [0.29, 0.717) is 23.5 Å². The number of ether oxygens (including phenoxy) is 3. The van der Waals surface area contributed by atoms with Crippen molar-refractivity contribution in [2.45, 2.75) is 12.3 Å². The summed E-state index contributed by atoms with van der Waals surface area (Å²) in [6, 6.07) is 16.0. The highest BCUT2D eigenvalue weighted by Crippen LogP contribution is 2.45. The Morgan fingerprint density at radius 1 is 0.808 bits per heavy atom. The largest absolute Gasteiger partial charge is 0.497 e. The average Bonchev–Trinajstić information content (AvgIpc) is 3.03. The van der Waals surface area contributed by atoms with Crippen LogP contribution in [0.5, 0.6) is 17.2 Å². The molecule has 0 saturated heterocycles. The molecule has 0 heterocycles. The summed E-state index contributed by atoms with van der Waals surface area (Å²) < 4.78 is 16.2. The second-order valence-electron chi connectivity index (χ2n) is 6.44. The van der Waals surface area contributed by atoms with Crippen LogP contribution < -0.4 is 14.2 Å². The predicted octanol–water partition coefficient (Wildman–Crippen LogP) is 4.58. The first-order valence-corrected chi connectivity index (χ1v) is 8.51. The van der Waals surface area contributed by atoms with Crippen LogP contribution in [0, 0.1) is 0 Å². The molecule has 26 heavy (non-hydrogen) atoms. The molecule has 1 unspecified atom stereocenters. The molecule has 0 aromatic heterocycles. The topological polar surface area (TPSA) is 44.8 Å². The highest BCUT2D eigenvalue weighted by atomic mass is 16.5. The van der Waals surface area contributed by atoms with Gasteiger partial charge in [-0.25, -0.2) is 0 Å². The first-order valence-electron chi connectivity index (χ1n) is 8.51. The number of fused-ring (bicyclic) bond motifs is 2. The number of rotatable bonds is 4. The molecular weight excluding hydrogens is 328 g/mol. The molecule has 0 bridgehead atoms. The van der Waals surface area contributed by atoms with Crippen molar-refractivity contribution in [2.24, 2.45) is 0 Å². The van der Waals surface area contributed by atoms with Crippen molar-refractivity contribution < 1.29 is 19.0 Å². The molecule has 3 aromatic carbocycles. The number of carbonyl (C=O) groups is 1. The van der Waals surface area contributed by atoms with Crippen LogP contribution in [-0.4, -0.2) is 27.1 Å². The van der Waals surface area contributed by atoms with Gasteiger partial charge in [-0.05, 0) is 34.5 Å². The zero-order valence-corrected chi connectivity index (χ0v) is 15.0. The summed E-state index contributed by atoms with van der Waals surface area (Å²) in [6.45, 7) is 0. The van der Waals surface area contributed by atoms with Crippen LogP contribution in [0.4, 0.5) is 0 Å². The van der Waals surface area contributed by atoms with Crippen molar-refractivity contribution in [2.75, 3.05) is 21.3 Å². The molecule has 0 spiro atoms. The molecule has 4 rings (SSSR count). The highest BCUT2D eigenvalue weighted by molar-refractivity contribution is 6.03. The Balaban J connectivity index is 1.83. The van der Waals surface area contributed by atoms with Gasteiger partial charge in [0.2, 0.25) is 0 Å². The van der Waals surface area contributed by atoms with Gasteiger partial charge in [-0.2, -0.15) is 0 Å². The fourth-order valence-corrected chi connectivity index (χ4v) is 3.75. The monoisotopic (exact) mass is 348 g/mol. The van der Waals surface area contributed by atoms with Gasteiger partial charge in [0, 0.05) is 29.5 Å². The highest BCUT2D eigenvalue weighted by Gasteiger charge is 2.34. The van der Waals surface area contributed by atoms with Crippen molar-refractivity contribution in [3.8, 4) is 17.2 Å². The van der Waals surface area contributed by atoms with Crippen LogP contribution in [0.3, 0.4) is 0 Å². The summed E-state index contributed by atoms with van der Waals surface area (Å²) >= 11 is 0. The zero-order chi connectivity index (χ0) is 18.3. The van der Waals surface area contributed by atoms with E-state index in [0.717, 1.165) is 27.6 Å². The Morgan fingerprint density at radius 2 is 1.54 bits per heavy atom. The van der Waals surface area contributed by atoms with Gasteiger partial charge < -0.3 is 14.2 Å². The van der Waals surface area contributed by atoms with Crippen LogP contribution in [0.25, 0.3) is 10.8 Å². The zero-order valence-electron chi connectivity index (χ0n) is 15.0. The van der Waals surface area contributed by atoms with E-state index >= 15 is 0 Å². The molecular formula is C22H20O4. The molecule has 4 heteroatoms. The van der Waals surface area contributed by atoms with Crippen LogP contribution in [0.15, 0.2) is 48.5 Å². The smallest absolute Gasteiger partial charge is 0.164 e. The SMILES string of the molecule is COc1cc(OC)c2c(c1)C(=O)CC2c1ccc2cc(OC)ccc2c1. The molecule has 0 N–H and O–H groups in total. The van der Waals surface area contributed by atoms with Gasteiger partial charge in [-0.15, -0.1) is 0 Å². The quantitative estimate of drug-likeness (QED) is 0.692. The molecule has 0 amide bonds. The maximum atomic E-state index is 12.6. The van der Waals surface area contributed by atoms with Crippen LogP contribution >= 0.6 is 0 Å². The Labute approximate surface area is 152 Å². The van der Waals surface area contributed by atoms with Gasteiger partial charge in [-0.3, -0.25) is 4.79 Å². The number of hydrogen-bond acceptors (Lipinski definition) is 4. The van der Waals surface area contributed by atoms with Crippen LogP contribution in [-0.2, 0) is 0 Å². The van der Waals surface area contributed by atoms with Crippen LogP contribution in [0.2, 0.25) is 0 Å². The predicted molar refractivity (Wildman–Crippen MR) is 101 cm³/mol. The van der Waals surface area contributed by atoms with Gasteiger partial charge in [-0.1, -0.05) is 24.3 Å². The molecule has 3 aromatic rings. The third kappa shape index (κ3) is 2.58. The number of ketones is 1. The Bertz CT molecular complexity index is 1010. The maximum Gasteiger partial charge on any atom is 0.164 e. The van der Waals surface area contributed by atoms with E-state index in [1.165, 1.54) is 0 Å². The van der Waals surface area contributed by atoms with E-state index < -0.39 is 0 Å². The fourth-order valence-electron chi connectivity index (χ4n) is 3.75. The first-order chi connectivity index (χ1) is 12.6. The summed E-state index contributed by atoms with van der Waals surface area (Å²) in [5.74, 6) is 2.28. The molecule has 1 aliphatic rings. The molecule has 0 saturated carbocycles. The van der Waals surface area contributed by atoms with Crippen molar-refractivity contribution in [3.63, 3.8) is 0 Å². The molecule has 1 aliphatic carbocycles. The minimum atomic E-state index is -0.00939. The van der Waals surface area contributed by atoms with Crippen molar-refractivity contribution in [1.29, 1.82) is 0 Å². The first kappa shape index (κ1) is 16.5. The van der Waals surface area contributed by atoms with Gasteiger partial charge in [0.1, 0.15) is 17.2 Å². The third-order valence-electron chi connectivity index (χ3n) is 5.08. The molecule has 0 fully saturated rings. The summed E-state index contributed by atoms with van der Waals surface area (Å²) in [6.07, 6.45) is 0.445. The van der Waals surface area contributed by atoms with Crippen molar-refractivity contribution in [3.05, 3.63) is 65.2 Å². The van der Waals surface area contributed by atoms with E-state index in [4.69, 9.17) is 14.2 Å². The minimum absolute atomic E-state index is 0.00939. The number of methoxy groups -OCH3 is 3. The second kappa shape index (κ2) is 6.37. The lowest BCUT2D eigenvalue weighted by Gasteiger charge is -2.16. The van der Waals surface area contributed by atoms with Gasteiger partial charge >= 0.3 is 0 Å². The third-order valence-corrected chi connectivity index (χ3v) is 5.08. The maximum absolute atomic E-state index is 12.6. The fraction of sp³-hybridized carbons (Fsp3) is 0.227. The number of Topliss-reactive ketones (excluding diaryl/α,β-unsaturated/α-hetero) is 1. The van der Waals surface area contributed by atoms with E-state index in [9.17, 15) is 4.79 Å². The minimum Gasteiger partial charge on any atom is -0.497 e. The summed E-state index contributed by atoms with van der Waals surface area (Å²) in [4.78, 5) is 12.6. The molecule has 0 aliphatic heterocycles. The van der Waals surface area contributed by atoms with E-state index in [-0.39, 0.29) is 11.7 Å². The Hall–Kier alpha value is -3.01. The van der Waals surface area contributed by atoms with E-state index in [1.807, 2.05) is 30.3 Å². The molecule has 0 radical (unpaired) electrons. The standard InChI is InChI=1S/C22H20O4/c1-24-16-7-6-13-8-15(5-4-14(13)9-16)18-12-20(23)19-10-17(25-2)11-21(26-3)22(18)19/h4-11,18H,12H2,1-3H3. The van der Waals surface area contributed by atoms with Gasteiger partial charge in [0.05, 0.1) is 21.3 Å². The second-order valence-corrected chi connectivity index (χ2v) is 6.44. The van der Waals surface area contributed by atoms with Crippen molar-refractivity contribution in [1.82, 2.24) is 0 Å². The number of benzene rings is 3. The number of hydrogen-bond donors (Lipinski definition) is 0. The normalized spacial score (nSPS) is 15.8. The lowest BCUT2D eigenvalue weighted by molar-refractivity contribution is 0.0991. The van der Waals surface area contributed by atoms with Gasteiger partial charge in [0.25, 0.3) is 0 Å². The summed E-state index contributed by atoms with van der Waals surface area (Å²) in [5, 5.41) is 2.23. The average molecular weight is 348 g/mol. The molecule has 132 valence electrons. The Kier molecular flexibility index (Phi) is 4.03. The van der Waals surface area contributed by atoms with E-state index in [2.05, 4.69) is 18.2 Å². The number of carbonyl (C=O) groups excluding carboxylic acids is 1. The molecule has 4 nitrogen and oxygen atoms in total. The Morgan fingerprint density at radius 3 is 2.27 bits per heavy atom. The summed E-state index contributed by atoms with van der Waals surface area (Å²) in [5.41, 5.74) is 2.76. The van der Waals surface area contributed by atoms with E-state index in [1.54, 1.807) is 21.3 Å². The molecule has 1 atom stereocenters. The van der Waals surface area contributed by atoms with Crippen molar-refractivity contribution >= 4 is 16.6 Å².